The van der Waals surface area contributed by atoms with Crippen molar-refractivity contribution in [3.8, 4) is 5.69 Å². The fourth-order valence-corrected chi connectivity index (χ4v) is 2.72. The van der Waals surface area contributed by atoms with Crippen LogP contribution in [0.25, 0.3) is 11.8 Å². The van der Waals surface area contributed by atoms with Gasteiger partial charge in [-0.15, -0.1) is 0 Å². The van der Waals surface area contributed by atoms with Crippen LogP contribution in [0.5, 0.6) is 0 Å². The summed E-state index contributed by atoms with van der Waals surface area (Å²) < 4.78 is 6.99. The van der Waals surface area contributed by atoms with Crippen molar-refractivity contribution in [1.29, 1.82) is 0 Å². The molecule has 0 bridgehead atoms. The van der Waals surface area contributed by atoms with E-state index in [-0.39, 0.29) is 17.5 Å². The van der Waals surface area contributed by atoms with Gasteiger partial charge in [-0.25, -0.2) is 14.5 Å². The standard InChI is InChI=1S/C21H16N4O3/c1-14(26)23-17-9-7-16(8-10-17)20-24-19(21(27)28-20)11-15-12-22-25(13-15)18-5-3-2-4-6-18/h2-13H,1H3,(H,23,26)/b19-11-. The smallest absolute Gasteiger partial charge is 0.363 e. The minimum Gasteiger partial charge on any atom is -0.402 e. The zero-order chi connectivity index (χ0) is 19.5. The average molecular weight is 372 g/mol. The van der Waals surface area contributed by atoms with Crippen molar-refractivity contribution < 1.29 is 14.3 Å². The molecular weight excluding hydrogens is 356 g/mol. The molecule has 1 amide bonds. The highest BCUT2D eigenvalue weighted by Crippen LogP contribution is 2.20. The molecule has 0 fully saturated rings. The van der Waals surface area contributed by atoms with Crippen LogP contribution in [0.1, 0.15) is 18.1 Å². The van der Waals surface area contributed by atoms with E-state index in [1.54, 1.807) is 41.2 Å². The third-order valence-corrected chi connectivity index (χ3v) is 4.00. The van der Waals surface area contributed by atoms with Gasteiger partial charge < -0.3 is 10.1 Å². The van der Waals surface area contributed by atoms with Gasteiger partial charge >= 0.3 is 5.97 Å². The van der Waals surface area contributed by atoms with Gasteiger partial charge in [0.15, 0.2) is 5.70 Å². The Bertz CT molecular complexity index is 1100. The monoisotopic (exact) mass is 372 g/mol. The molecule has 1 N–H and O–H groups in total. The number of esters is 1. The van der Waals surface area contributed by atoms with Gasteiger partial charge in [0.1, 0.15) is 0 Å². The molecule has 2 aromatic carbocycles. The van der Waals surface area contributed by atoms with Gasteiger partial charge in [-0.2, -0.15) is 5.10 Å². The number of aromatic nitrogens is 2. The summed E-state index contributed by atoms with van der Waals surface area (Å²) >= 11 is 0. The van der Waals surface area contributed by atoms with E-state index in [0.29, 0.717) is 11.3 Å². The number of amides is 1. The number of carbonyl (C=O) groups is 2. The minimum absolute atomic E-state index is 0.154. The molecule has 1 aromatic heterocycles. The summed E-state index contributed by atoms with van der Waals surface area (Å²) in [7, 11) is 0. The number of hydrogen-bond acceptors (Lipinski definition) is 5. The summed E-state index contributed by atoms with van der Waals surface area (Å²) in [6, 6.07) is 16.6. The summed E-state index contributed by atoms with van der Waals surface area (Å²) in [6.07, 6.45) is 5.10. The highest BCUT2D eigenvalue weighted by atomic mass is 16.6. The van der Waals surface area contributed by atoms with Crippen molar-refractivity contribution in [2.75, 3.05) is 5.32 Å². The first kappa shape index (κ1) is 17.4. The van der Waals surface area contributed by atoms with Crippen LogP contribution in [0.3, 0.4) is 0 Å². The molecule has 138 valence electrons. The van der Waals surface area contributed by atoms with Gasteiger partial charge in [0.05, 0.1) is 11.9 Å². The van der Waals surface area contributed by atoms with Crippen LogP contribution in [-0.4, -0.2) is 27.6 Å². The highest BCUT2D eigenvalue weighted by molar-refractivity contribution is 6.13. The number of para-hydroxylation sites is 1. The van der Waals surface area contributed by atoms with E-state index in [4.69, 9.17) is 4.74 Å². The lowest BCUT2D eigenvalue weighted by Gasteiger charge is -2.03. The Hall–Kier alpha value is -4.00. The van der Waals surface area contributed by atoms with Crippen molar-refractivity contribution in [3.63, 3.8) is 0 Å². The lowest BCUT2D eigenvalue weighted by atomic mass is 10.2. The molecule has 0 unspecified atom stereocenters. The van der Waals surface area contributed by atoms with E-state index in [0.717, 1.165) is 11.3 Å². The SMILES string of the molecule is CC(=O)Nc1ccc(C2=N/C(=C\c3cnn(-c4ccccc4)c3)C(=O)O2)cc1. The van der Waals surface area contributed by atoms with E-state index < -0.39 is 5.97 Å². The third-order valence-electron chi connectivity index (χ3n) is 4.00. The minimum atomic E-state index is -0.520. The van der Waals surface area contributed by atoms with Gasteiger partial charge in [-0.1, -0.05) is 18.2 Å². The molecule has 28 heavy (non-hydrogen) atoms. The van der Waals surface area contributed by atoms with Crippen molar-refractivity contribution in [2.45, 2.75) is 6.92 Å². The summed E-state index contributed by atoms with van der Waals surface area (Å²) in [5.41, 5.74) is 3.16. The first-order chi connectivity index (χ1) is 13.6. The molecule has 0 radical (unpaired) electrons. The van der Waals surface area contributed by atoms with Crippen LogP contribution in [0.2, 0.25) is 0 Å². The lowest BCUT2D eigenvalue weighted by molar-refractivity contribution is -0.129. The second kappa shape index (κ2) is 7.32. The van der Waals surface area contributed by atoms with Gasteiger partial charge in [0, 0.05) is 29.9 Å². The number of rotatable bonds is 4. The van der Waals surface area contributed by atoms with E-state index >= 15 is 0 Å². The van der Waals surface area contributed by atoms with Crippen molar-refractivity contribution in [3.05, 3.63) is 83.8 Å². The maximum Gasteiger partial charge on any atom is 0.363 e. The van der Waals surface area contributed by atoms with Crippen molar-refractivity contribution in [2.24, 2.45) is 4.99 Å². The Kier molecular flexibility index (Phi) is 4.55. The zero-order valence-corrected chi connectivity index (χ0v) is 15.0. The van der Waals surface area contributed by atoms with Crippen LogP contribution >= 0.6 is 0 Å². The van der Waals surface area contributed by atoms with E-state index in [1.165, 1.54) is 6.92 Å². The Balaban J connectivity index is 1.56. The number of nitrogens with one attached hydrogen (secondary N) is 1. The Labute approximate surface area is 161 Å². The summed E-state index contributed by atoms with van der Waals surface area (Å²) in [6.45, 7) is 1.44. The van der Waals surface area contributed by atoms with E-state index in [2.05, 4.69) is 15.4 Å². The molecule has 4 rings (SSSR count). The Morgan fingerprint density at radius 1 is 1.11 bits per heavy atom. The molecule has 2 heterocycles. The molecule has 3 aromatic rings. The van der Waals surface area contributed by atoms with Crippen LogP contribution in [0, 0.1) is 0 Å². The summed E-state index contributed by atoms with van der Waals surface area (Å²) in [5.74, 6) is -0.451. The first-order valence-corrected chi connectivity index (χ1v) is 8.59. The van der Waals surface area contributed by atoms with E-state index in [1.807, 2.05) is 36.5 Å². The van der Waals surface area contributed by atoms with Crippen molar-refractivity contribution >= 4 is 29.5 Å². The molecular formula is C21H16N4O3. The van der Waals surface area contributed by atoms with Crippen molar-refractivity contribution in [1.82, 2.24) is 9.78 Å². The maximum absolute atomic E-state index is 12.2. The Morgan fingerprint density at radius 2 is 1.86 bits per heavy atom. The van der Waals surface area contributed by atoms with Crippen LogP contribution in [-0.2, 0) is 14.3 Å². The quantitative estimate of drug-likeness (QED) is 0.563. The molecule has 0 aliphatic carbocycles. The summed E-state index contributed by atoms with van der Waals surface area (Å²) in [4.78, 5) is 27.5. The predicted octanol–water partition coefficient (Wildman–Crippen LogP) is 3.18. The third kappa shape index (κ3) is 3.73. The topological polar surface area (TPSA) is 85.6 Å². The fourth-order valence-electron chi connectivity index (χ4n) is 2.72. The number of nitrogens with zero attached hydrogens (tertiary/aromatic N) is 3. The molecule has 0 spiro atoms. The number of benzene rings is 2. The summed E-state index contributed by atoms with van der Waals surface area (Å²) in [5, 5.41) is 6.98. The molecule has 1 aliphatic heterocycles. The number of cyclic esters (lactones) is 1. The first-order valence-electron chi connectivity index (χ1n) is 8.59. The second-order valence-electron chi connectivity index (χ2n) is 6.15. The number of hydrogen-bond donors (Lipinski definition) is 1. The molecule has 0 saturated carbocycles. The Morgan fingerprint density at radius 3 is 2.57 bits per heavy atom. The maximum atomic E-state index is 12.2. The van der Waals surface area contributed by atoms with Gasteiger partial charge in [-0.05, 0) is 42.5 Å². The van der Waals surface area contributed by atoms with Crippen LogP contribution < -0.4 is 5.32 Å². The second-order valence-corrected chi connectivity index (χ2v) is 6.15. The van der Waals surface area contributed by atoms with Gasteiger partial charge in [0.2, 0.25) is 11.8 Å². The number of aliphatic imine (C=N–C) groups is 1. The van der Waals surface area contributed by atoms with Crippen LogP contribution in [0.4, 0.5) is 5.69 Å². The molecule has 0 saturated heterocycles. The fraction of sp³-hybridized carbons (Fsp3) is 0.0476. The van der Waals surface area contributed by atoms with Crippen LogP contribution in [0.15, 0.2) is 77.7 Å². The van der Waals surface area contributed by atoms with Gasteiger partial charge in [-0.3, -0.25) is 4.79 Å². The molecule has 1 aliphatic rings. The number of ether oxygens (including phenoxy) is 1. The molecule has 7 heteroatoms. The average Bonchev–Trinajstić information content (AvgIpc) is 3.30. The predicted molar refractivity (Wildman–Crippen MR) is 105 cm³/mol. The molecule has 7 nitrogen and oxygen atoms in total. The number of carbonyl (C=O) groups excluding carboxylic acids is 2. The van der Waals surface area contributed by atoms with Gasteiger partial charge in [0.25, 0.3) is 0 Å². The normalized spacial score (nSPS) is 14.7. The highest BCUT2D eigenvalue weighted by Gasteiger charge is 2.24. The lowest BCUT2D eigenvalue weighted by Crippen LogP contribution is -2.07. The molecule has 0 atom stereocenters. The van der Waals surface area contributed by atoms with E-state index in [9.17, 15) is 9.59 Å². The number of anilines is 1. The largest absolute Gasteiger partial charge is 0.402 e. The zero-order valence-electron chi connectivity index (χ0n) is 15.0.